The Bertz CT molecular complexity index is 2250. The minimum absolute atomic E-state index is 0.257. The largest absolute Gasteiger partial charge is 0.456 e. The van der Waals surface area contributed by atoms with E-state index in [1.807, 2.05) is 24.3 Å². The quantitative estimate of drug-likeness (QED) is 0.210. The lowest BCUT2D eigenvalue weighted by Gasteiger charge is -2.24. The number of aromatic nitrogens is 2. The van der Waals surface area contributed by atoms with E-state index in [-0.39, 0.29) is 11.8 Å². The average molecular weight is 561 g/mol. The Morgan fingerprint density at radius 1 is 0.628 bits per heavy atom. The van der Waals surface area contributed by atoms with Gasteiger partial charge in [0, 0.05) is 21.7 Å². The molecule has 0 amide bonds. The molecule has 0 radical (unpaired) electrons. The van der Waals surface area contributed by atoms with E-state index in [1.54, 1.807) is 0 Å². The van der Waals surface area contributed by atoms with Gasteiger partial charge in [-0.25, -0.2) is 4.98 Å². The highest BCUT2D eigenvalue weighted by atomic mass is 16.3. The van der Waals surface area contributed by atoms with Gasteiger partial charge in [0.1, 0.15) is 28.3 Å². The smallest absolute Gasteiger partial charge is 0.149 e. The van der Waals surface area contributed by atoms with E-state index in [1.165, 1.54) is 16.8 Å². The monoisotopic (exact) mass is 560 g/mol. The highest BCUT2D eigenvalue weighted by Crippen LogP contribution is 2.43. The summed E-state index contributed by atoms with van der Waals surface area (Å²) in [6, 6.07) is 38.0. The van der Waals surface area contributed by atoms with Crippen molar-refractivity contribution >= 4 is 43.9 Å². The van der Waals surface area contributed by atoms with Crippen LogP contribution >= 0.6 is 0 Å². The predicted octanol–water partition coefficient (Wildman–Crippen LogP) is 11.3. The second-order valence-electron chi connectivity index (χ2n) is 12.0. The van der Waals surface area contributed by atoms with E-state index in [9.17, 15) is 0 Å². The van der Waals surface area contributed by atoms with Crippen molar-refractivity contribution in [2.24, 2.45) is 0 Å². The van der Waals surface area contributed by atoms with E-state index in [0.717, 1.165) is 66.7 Å². The minimum atomic E-state index is 0.257. The number of imidazole rings is 1. The van der Waals surface area contributed by atoms with Gasteiger partial charge in [-0.2, -0.15) is 0 Å². The van der Waals surface area contributed by atoms with Crippen LogP contribution in [0.25, 0.3) is 72.3 Å². The van der Waals surface area contributed by atoms with Crippen LogP contribution in [-0.2, 0) is 0 Å². The molecular weight excluding hydrogens is 528 g/mol. The first-order valence-corrected chi connectivity index (χ1v) is 15.0. The van der Waals surface area contributed by atoms with Crippen molar-refractivity contribution in [3.8, 4) is 28.4 Å². The maximum absolute atomic E-state index is 6.52. The van der Waals surface area contributed by atoms with Gasteiger partial charge in [0.2, 0.25) is 0 Å². The molecule has 0 saturated heterocycles. The summed E-state index contributed by atoms with van der Waals surface area (Å²) in [7, 11) is 0. The molecular formula is C39H32N2O2. The Labute approximate surface area is 250 Å². The Hall–Kier alpha value is -5.09. The number of nitrogens with zero attached hydrogens (tertiary/aromatic N) is 2. The SMILES string of the molecule is CC(C)c1cc(-c2cc3ccccc3o2)cc(C(C)C)c1-n1c(-c2cccc3c2oc2ccccc23)nc2ccccc21. The Balaban J connectivity index is 1.45. The van der Waals surface area contributed by atoms with Crippen LogP contribution in [0.2, 0.25) is 0 Å². The Morgan fingerprint density at radius 3 is 2.07 bits per heavy atom. The molecule has 0 bridgehead atoms. The van der Waals surface area contributed by atoms with Crippen molar-refractivity contribution in [2.75, 3.05) is 0 Å². The van der Waals surface area contributed by atoms with Gasteiger partial charge in [-0.1, -0.05) is 88.4 Å². The fraction of sp³-hybridized carbons (Fsp3) is 0.154. The summed E-state index contributed by atoms with van der Waals surface area (Å²) >= 11 is 0. The summed E-state index contributed by atoms with van der Waals surface area (Å²) in [5, 5.41) is 3.32. The number of para-hydroxylation sites is 5. The standard InChI is InChI=1S/C39H32N2O2/c1-23(2)30-20-26(36-22-25-12-5-9-18-34(25)42-36)21-31(24(3)4)37(30)41-33-17-8-7-16-32(33)40-39(41)29-15-11-14-28-27-13-6-10-19-35(27)43-38(28)29/h5-24H,1-4H3. The van der Waals surface area contributed by atoms with Gasteiger partial charge >= 0.3 is 0 Å². The lowest BCUT2D eigenvalue weighted by atomic mass is 9.89. The topological polar surface area (TPSA) is 44.1 Å². The molecule has 8 rings (SSSR count). The van der Waals surface area contributed by atoms with Crippen molar-refractivity contribution in [1.82, 2.24) is 9.55 Å². The van der Waals surface area contributed by atoms with Crippen molar-refractivity contribution in [3.05, 3.63) is 120 Å². The molecule has 3 aromatic heterocycles. The van der Waals surface area contributed by atoms with E-state index in [4.69, 9.17) is 13.8 Å². The van der Waals surface area contributed by atoms with Crippen molar-refractivity contribution in [2.45, 2.75) is 39.5 Å². The predicted molar refractivity (Wildman–Crippen MR) is 177 cm³/mol. The van der Waals surface area contributed by atoms with Gasteiger partial charge < -0.3 is 8.83 Å². The average Bonchev–Trinajstić information content (AvgIpc) is 3.73. The summed E-state index contributed by atoms with van der Waals surface area (Å²) < 4.78 is 15.2. The van der Waals surface area contributed by atoms with E-state index in [2.05, 4.69) is 117 Å². The third kappa shape index (κ3) is 4.01. The van der Waals surface area contributed by atoms with Crippen LogP contribution in [0.3, 0.4) is 0 Å². The van der Waals surface area contributed by atoms with Gasteiger partial charge in [0.05, 0.1) is 22.3 Å². The van der Waals surface area contributed by atoms with Gasteiger partial charge in [-0.05, 0) is 71.5 Å². The molecule has 210 valence electrons. The van der Waals surface area contributed by atoms with Crippen LogP contribution in [0.4, 0.5) is 0 Å². The van der Waals surface area contributed by atoms with Crippen LogP contribution in [0.1, 0.15) is 50.7 Å². The van der Waals surface area contributed by atoms with Gasteiger partial charge in [0.25, 0.3) is 0 Å². The molecule has 0 atom stereocenters. The van der Waals surface area contributed by atoms with Crippen LogP contribution in [0.5, 0.6) is 0 Å². The van der Waals surface area contributed by atoms with Crippen molar-refractivity contribution in [3.63, 3.8) is 0 Å². The molecule has 5 aromatic carbocycles. The lowest BCUT2D eigenvalue weighted by molar-refractivity contribution is 0.631. The fourth-order valence-corrected chi connectivity index (χ4v) is 6.44. The number of rotatable bonds is 5. The summed E-state index contributed by atoms with van der Waals surface area (Å²) in [5.41, 5.74) is 10.4. The fourth-order valence-electron chi connectivity index (χ4n) is 6.44. The minimum Gasteiger partial charge on any atom is -0.456 e. The van der Waals surface area contributed by atoms with E-state index in [0.29, 0.717) is 0 Å². The molecule has 0 aliphatic rings. The summed E-state index contributed by atoms with van der Waals surface area (Å²) in [4.78, 5) is 5.27. The molecule has 8 aromatic rings. The second-order valence-corrected chi connectivity index (χ2v) is 12.0. The second kappa shape index (κ2) is 9.74. The first kappa shape index (κ1) is 25.6. The third-order valence-electron chi connectivity index (χ3n) is 8.55. The Kier molecular flexibility index (Phi) is 5.80. The molecule has 0 aliphatic heterocycles. The molecule has 0 unspecified atom stereocenters. The zero-order valence-electron chi connectivity index (χ0n) is 24.8. The number of benzene rings is 5. The third-order valence-corrected chi connectivity index (χ3v) is 8.55. The van der Waals surface area contributed by atoms with E-state index < -0.39 is 0 Å². The zero-order chi connectivity index (χ0) is 29.2. The van der Waals surface area contributed by atoms with Crippen molar-refractivity contribution < 1.29 is 8.83 Å². The highest BCUT2D eigenvalue weighted by molar-refractivity contribution is 6.09. The lowest BCUT2D eigenvalue weighted by Crippen LogP contribution is -2.09. The van der Waals surface area contributed by atoms with Crippen molar-refractivity contribution in [1.29, 1.82) is 0 Å². The molecule has 0 saturated carbocycles. The zero-order valence-corrected chi connectivity index (χ0v) is 24.8. The van der Waals surface area contributed by atoms with E-state index >= 15 is 0 Å². The van der Waals surface area contributed by atoms with Gasteiger partial charge in [-0.15, -0.1) is 0 Å². The number of hydrogen-bond donors (Lipinski definition) is 0. The van der Waals surface area contributed by atoms with Crippen LogP contribution in [-0.4, -0.2) is 9.55 Å². The summed E-state index contributed by atoms with van der Waals surface area (Å²) in [6.45, 7) is 9.07. The summed E-state index contributed by atoms with van der Waals surface area (Å²) in [5.74, 6) is 2.28. The maximum atomic E-state index is 6.52. The Morgan fingerprint density at radius 2 is 1.30 bits per heavy atom. The van der Waals surface area contributed by atoms with Crippen LogP contribution < -0.4 is 0 Å². The molecule has 43 heavy (non-hydrogen) atoms. The normalized spacial score (nSPS) is 12.1. The van der Waals surface area contributed by atoms with Crippen LogP contribution in [0, 0.1) is 0 Å². The highest BCUT2D eigenvalue weighted by Gasteiger charge is 2.25. The van der Waals surface area contributed by atoms with Gasteiger partial charge in [-0.3, -0.25) is 4.57 Å². The maximum Gasteiger partial charge on any atom is 0.149 e. The molecule has 0 N–H and O–H groups in total. The molecule has 3 heterocycles. The molecule has 0 spiro atoms. The number of fused-ring (bicyclic) bond motifs is 5. The van der Waals surface area contributed by atoms with Crippen LogP contribution in [0.15, 0.2) is 118 Å². The number of hydrogen-bond acceptors (Lipinski definition) is 3. The molecule has 4 nitrogen and oxygen atoms in total. The molecule has 0 fully saturated rings. The molecule has 0 aliphatic carbocycles. The number of furan rings is 2. The van der Waals surface area contributed by atoms with Gasteiger partial charge in [0.15, 0.2) is 0 Å². The first-order valence-electron chi connectivity index (χ1n) is 15.0. The molecule has 4 heteroatoms. The summed E-state index contributed by atoms with van der Waals surface area (Å²) in [6.07, 6.45) is 0. The first-order chi connectivity index (χ1) is 21.0.